The van der Waals surface area contributed by atoms with Crippen LogP contribution in [0.3, 0.4) is 0 Å². The molecule has 3 rings (SSSR count). The van der Waals surface area contributed by atoms with Gasteiger partial charge >= 0.3 is 0 Å². The van der Waals surface area contributed by atoms with Crippen molar-refractivity contribution in [2.45, 2.75) is 25.9 Å². The van der Waals surface area contributed by atoms with Crippen molar-refractivity contribution in [1.29, 1.82) is 0 Å². The van der Waals surface area contributed by atoms with Gasteiger partial charge in [0.15, 0.2) is 6.61 Å². The maximum Gasteiger partial charge on any atom is 0.260 e. The standard InChI is InChI=1S/C20H23ClN2O2/c21-18-9-3-1-7-16(18)13-22-14-17-8-2-4-10-19(17)25-15-20(24)23-11-5-6-12-23/h1-4,7-10,22H,5-6,11-15H2. The number of rotatable bonds is 7. The highest BCUT2D eigenvalue weighted by molar-refractivity contribution is 6.31. The largest absolute Gasteiger partial charge is 0.483 e. The Morgan fingerprint density at radius 2 is 1.64 bits per heavy atom. The number of para-hydroxylation sites is 1. The van der Waals surface area contributed by atoms with E-state index < -0.39 is 0 Å². The first-order valence-corrected chi connectivity index (χ1v) is 9.04. The first kappa shape index (κ1) is 17.8. The van der Waals surface area contributed by atoms with Crippen LogP contribution in [-0.4, -0.2) is 30.5 Å². The van der Waals surface area contributed by atoms with Gasteiger partial charge in [-0.25, -0.2) is 0 Å². The van der Waals surface area contributed by atoms with Crippen LogP contribution in [0.1, 0.15) is 24.0 Å². The Kier molecular flexibility index (Phi) is 6.31. The van der Waals surface area contributed by atoms with E-state index in [9.17, 15) is 4.79 Å². The average Bonchev–Trinajstić information content (AvgIpc) is 3.17. The summed E-state index contributed by atoms with van der Waals surface area (Å²) < 4.78 is 5.78. The molecular weight excluding hydrogens is 336 g/mol. The van der Waals surface area contributed by atoms with Gasteiger partial charge in [-0.1, -0.05) is 48.0 Å². The first-order valence-electron chi connectivity index (χ1n) is 8.66. The van der Waals surface area contributed by atoms with E-state index in [0.29, 0.717) is 13.1 Å². The van der Waals surface area contributed by atoms with Gasteiger partial charge in [0.1, 0.15) is 5.75 Å². The number of ether oxygens (including phenoxy) is 1. The van der Waals surface area contributed by atoms with Gasteiger partial charge in [0, 0.05) is 36.8 Å². The van der Waals surface area contributed by atoms with E-state index in [1.54, 1.807) is 0 Å². The summed E-state index contributed by atoms with van der Waals surface area (Å²) in [4.78, 5) is 14.0. The van der Waals surface area contributed by atoms with Crippen LogP contribution in [0.4, 0.5) is 0 Å². The molecule has 1 fully saturated rings. The van der Waals surface area contributed by atoms with Gasteiger partial charge in [-0.3, -0.25) is 4.79 Å². The predicted octanol–water partition coefficient (Wildman–Crippen LogP) is 3.63. The fourth-order valence-corrected chi connectivity index (χ4v) is 3.16. The van der Waals surface area contributed by atoms with Crippen molar-refractivity contribution in [2.75, 3.05) is 19.7 Å². The third-order valence-electron chi connectivity index (χ3n) is 4.37. The number of carbonyl (C=O) groups is 1. The van der Waals surface area contributed by atoms with Gasteiger partial charge in [0.05, 0.1) is 0 Å². The van der Waals surface area contributed by atoms with Crippen molar-refractivity contribution in [3.05, 3.63) is 64.7 Å². The molecule has 0 aromatic heterocycles. The Labute approximate surface area is 153 Å². The highest BCUT2D eigenvalue weighted by atomic mass is 35.5. The van der Waals surface area contributed by atoms with Crippen LogP contribution in [-0.2, 0) is 17.9 Å². The van der Waals surface area contributed by atoms with E-state index >= 15 is 0 Å². The lowest BCUT2D eigenvalue weighted by atomic mass is 10.2. The number of carbonyl (C=O) groups excluding carboxylic acids is 1. The summed E-state index contributed by atoms with van der Waals surface area (Å²) in [5.74, 6) is 0.818. The van der Waals surface area contributed by atoms with Crippen molar-refractivity contribution in [1.82, 2.24) is 10.2 Å². The number of hydrogen-bond acceptors (Lipinski definition) is 3. The smallest absolute Gasteiger partial charge is 0.260 e. The number of hydrogen-bond donors (Lipinski definition) is 1. The molecule has 0 aliphatic carbocycles. The fraction of sp³-hybridized carbons (Fsp3) is 0.350. The van der Waals surface area contributed by atoms with E-state index in [4.69, 9.17) is 16.3 Å². The topological polar surface area (TPSA) is 41.6 Å². The predicted molar refractivity (Wildman–Crippen MR) is 99.7 cm³/mol. The van der Waals surface area contributed by atoms with Gasteiger partial charge in [0.2, 0.25) is 0 Å². The number of halogens is 1. The number of amides is 1. The molecule has 0 saturated carbocycles. The average molecular weight is 359 g/mol. The summed E-state index contributed by atoms with van der Waals surface area (Å²) in [6.07, 6.45) is 2.18. The zero-order chi connectivity index (χ0) is 17.5. The molecule has 0 unspecified atom stereocenters. The molecule has 1 aliphatic heterocycles. The quantitative estimate of drug-likeness (QED) is 0.821. The van der Waals surface area contributed by atoms with Gasteiger partial charge in [-0.2, -0.15) is 0 Å². The monoisotopic (exact) mass is 358 g/mol. The van der Waals surface area contributed by atoms with Crippen molar-refractivity contribution >= 4 is 17.5 Å². The van der Waals surface area contributed by atoms with Crippen LogP contribution in [0.5, 0.6) is 5.75 Å². The zero-order valence-corrected chi connectivity index (χ0v) is 15.0. The van der Waals surface area contributed by atoms with Gasteiger partial charge < -0.3 is 15.0 Å². The van der Waals surface area contributed by atoms with Crippen molar-refractivity contribution in [3.63, 3.8) is 0 Å². The van der Waals surface area contributed by atoms with E-state index in [-0.39, 0.29) is 12.5 Å². The first-order chi connectivity index (χ1) is 12.2. The fourth-order valence-electron chi connectivity index (χ4n) is 2.96. The molecular formula is C20H23ClN2O2. The second-order valence-corrected chi connectivity index (χ2v) is 6.59. The molecule has 0 spiro atoms. The molecule has 2 aromatic rings. The normalized spacial score (nSPS) is 13.9. The summed E-state index contributed by atoms with van der Waals surface area (Å²) in [6, 6.07) is 15.6. The second kappa shape index (κ2) is 8.88. The minimum absolute atomic E-state index is 0.0660. The summed E-state index contributed by atoms with van der Waals surface area (Å²) in [6.45, 7) is 3.13. The molecule has 1 N–H and O–H groups in total. The number of likely N-dealkylation sites (tertiary alicyclic amines) is 1. The van der Waals surface area contributed by atoms with Gasteiger partial charge in [-0.05, 0) is 30.5 Å². The molecule has 25 heavy (non-hydrogen) atoms. The Morgan fingerprint density at radius 1 is 1.00 bits per heavy atom. The van der Waals surface area contributed by atoms with E-state index in [1.165, 1.54) is 0 Å². The van der Waals surface area contributed by atoms with Crippen molar-refractivity contribution in [3.8, 4) is 5.75 Å². The molecule has 1 aliphatic rings. The number of benzene rings is 2. The maximum atomic E-state index is 12.1. The molecule has 1 amide bonds. The van der Waals surface area contributed by atoms with Crippen LogP contribution in [0.2, 0.25) is 5.02 Å². The Hall–Kier alpha value is -2.04. The minimum atomic E-state index is 0.0660. The van der Waals surface area contributed by atoms with Crippen molar-refractivity contribution in [2.24, 2.45) is 0 Å². The van der Waals surface area contributed by atoms with Crippen molar-refractivity contribution < 1.29 is 9.53 Å². The minimum Gasteiger partial charge on any atom is -0.483 e. The summed E-state index contributed by atoms with van der Waals surface area (Å²) in [5.41, 5.74) is 2.09. The Balaban J connectivity index is 1.53. The molecule has 1 saturated heterocycles. The zero-order valence-electron chi connectivity index (χ0n) is 14.2. The molecule has 5 heteroatoms. The molecule has 0 atom stereocenters. The van der Waals surface area contributed by atoms with Gasteiger partial charge in [0.25, 0.3) is 5.91 Å². The van der Waals surface area contributed by atoms with Crippen LogP contribution in [0.15, 0.2) is 48.5 Å². The maximum absolute atomic E-state index is 12.1. The summed E-state index contributed by atoms with van der Waals surface area (Å²) >= 11 is 6.18. The van der Waals surface area contributed by atoms with Crippen LogP contribution >= 0.6 is 11.6 Å². The van der Waals surface area contributed by atoms with Gasteiger partial charge in [-0.15, -0.1) is 0 Å². The lowest BCUT2D eigenvalue weighted by Crippen LogP contribution is -2.32. The lowest BCUT2D eigenvalue weighted by Gasteiger charge is -2.17. The molecule has 0 radical (unpaired) electrons. The molecule has 1 heterocycles. The van der Waals surface area contributed by atoms with Crippen LogP contribution in [0.25, 0.3) is 0 Å². The Bertz CT molecular complexity index is 714. The lowest BCUT2D eigenvalue weighted by molar-refractivity contribution is -0.132. The van der Waals surface area contributed by atoms with E-state index in [2.05, 4.69) is 5.32 Å². The van der Waals surface area contributed by atoms with Crippen LogP contribution in [0, 0.1) is 0 Å². The molecule has 2 aromatic carbocycles. The molecule has 132 valence electrons. The third kappa shape index (κ3) is 4.97. The summed E-state index contributed by atoms with van der Waals surface area (Å²) in [7, 11) is 0. The molecule has 0 bridgehead atoms. The highest BCUT2D eigenvalue weighted by Gasteiger charge is 2.18. The third-order valence-corrected chi connectivity index (χ3v) is 4.74. The summed E-state index contributed by atoms with van der Waals surface area (Å²) in [5, 5.41) is 4.14. The highest BCUT2D eigenvalue weighted by Crippen LogP contribution is 2.19. The van der Waals surface area contributed by atoms with E-state index in [0.717, 1.165) is 47.8 Å². The SMILES string of the molecule is O=C(COc1ccccc1CNCc1ccccc1Cl)N1CCCC1. The molecule has 4 nitrogen and oxygen atoms in total. The van der Waals surface area contributed by atoms with Crippen LogP contribution < -0.4 is 10.1 Å². The Morgan fingerprint density at radius 3 is 2.40 bits per heavy atom. The second-order valence-electron chi connectivity index (χ2n) is 6.18. The van der Waals surface area contributed by atoms with E-state index in [1.807, 2.05) is 53.4 Å². The number of nitrogens with one attached hydrogen (secondary N) is 1. The number of nitrogens with zero attached hydrogens (tertiary/aromatic N) is 1.